The Bertz CT molecular complexity index is 1490. The van der Waals surface area contributed by atoms with E-state index in [1.807, 2.05) is 19.9 Å². The van der Waals surface area contributed by atoms with Gasteiger partial charge in [0.15, 0.2) is 12.2 Å². The van der Waals surface area contributed by atoms with E-state index in [1.54, 1.807) is 24.4 Å². The van der Waals surface area contributed by atoms with Crippen LogP contribution in [-0.2, 0) is 19.9 Å². The van der Waals surface area contributed by atoms with Gasteiger partial charge in [0.05, 0.1) is 12.1 Å². The number of benzene rings is 2. The highest BCUT2D eigenvalue weighted by molar-refractivity contribution is 6.29. The summed E-state index contributed by atoms with van der Waals surface area (Å²) < 4.78 is 55.6. The Morgan fingerprint density at radius 1 is 1.02 bits per heavy atom. The first-order chi connectivity index (χ1) is 20.9. The van der Waals surface area contributed by atoms with Crippen molar-refractivity contribution < 1.29 is 57.1 Å². The number of ether oxygens (including phenoxy) is 1. The first-order valence-corrected chi connectivity index (χ1v) is 13.4. The van der Waals surface area contributed by atoms with Gasteiger partial charge in [-0.15, -0.1) is 13.2 Å². The number of alkyl halides is 3. The fourth-order valence-electron chi connectivity index (χ4n) is 4.52. The van der Waals surface area contributed by atoms with E-state index in [0.29, 0.717) is 22.8 Å². The number of aliphatic hydroxyl groups excluding tert-OH is 2. The van der Waals surface area contributed by atoms with E-state index in [0.717, 1.165) is 17.7 Å². The summed E-state index contributed by atoms with van der Waals surface area (Å²) >= 11 is 5.89. The normalized spacial score (nSPS) is 18.1. The number of nitrogens with one attached hydrogen (secondary N) is 1. The van der Waals surface area contributed by atoms with Crippen LogP contribution in [0.25, 0.3) is 0 Å². The summed E-state index contributed by atoms with van der Waals surface area (Å²) in [6.07, 6.45) is -7.43. The van der Waals surface area contributed by atoms with Gasteiger partial charge in [0, 0.05) is 17.4 Å². The van der Waals surface area contributed by atoms with Crippen LogP contribution in [0, 0.1) is 5.82 Å². The van der Waals surface area contributed by atoms with Gasteiger partial charge in [-0.3, -0.25) is 10.1 Å². The van der Waals surface area contributed by atoms with Gasteiger partial charge in [-0.2, -0.15) is 0 Å². The summed E-state index contributed by atoms with van der Waals surface area (Å²) in [5.74, 6) is -4.68. The number of halogens is 5. The fourth-order valence-corrected chi connectivity index (χ4v) is 4.63. The van der Waals surface area contributed by atoms with E-state index in [2.05, 4.69) is 15.0 Å². The van der Waals surface area contributed by atoms with E-state index >= 15 is 0 Å². The number of carbonyl (C=O) groups excluding carboxylic acids is 1. The maximum Gasteiger partial charge on any atom is 0.573 e. The molecule has 11 nitrogen and oxygen atoms in total. The van der Waals surface area contributed by atoms with Crippen LogP contribution in [0.3, 0.4) is 0 Å². The first kappa shape index (κ1) is 35.2. The maximum absolute atomic E-state index is 14.0. The van der Waals surface area contributed by atoms with Crippen LogP contribution in [-0.4, -0.2) is 67.9 Å². The Balaban J connectivity index is 0.000000477. The summed E-state index contributed by atoms with van der Waals surface area (Å²) in [6, 6.07) is 13.2. The third kappa shape index (κ3) is 9.34. The lowest BCUT2D eigenvalue weighted by Crippen LogP contribution is -2.47. The quantitative estimate of drug-likeness (QED) is 0.167. The van der Waals surface area contributed by atoms with Crippen LogP contribution < -0.4 is 15.0 Å². The van der Waals surface area contributed by atoms with Crippen molar-refractivity contribution in [3.05, 3.63) is 89.0 Å². The largest absolute Gasteiger partial charge is 0.573 e. The molecule has 1 aliphatic heterocycles. The summed E-state index contributed by atoms with van der Waals surface area (Å²) in [7, 11) is 0. The van der Waals surface area contributed by atoms with Gasteiger partial charge < -0.3 is 30.1 Å². The molecule has 1 aliphatic rings. The predicted octanol–water partition coefficient (Wildman–Crippen LogP) is 4.02. The van der Waals surface area contributed by atoms with E-state index in [1.165, 1.54) is 29.2 Å². The Kier molecular flexibility index (Phi) is 11.1. The molecule has 0 spiro atoms. The number of carboxylic acid groups (broad SMARTS) is 2. The highest BCUT2D eigenvalue weighted by Crippen LogP contribution is 2.39. The molecule has 2 aromatic carbocycles. The number of amides is 1. The minimum atomic E-state index is -4.83. The second kappa shape index (κ2) is 14.2. The van der Waals surface area contributed by atoms with Gasteiger partial charge in [0.2, 0.25) is 5.91 Å². The van der Waals surface area contributed by atoms with Crippen LogP contribution in [0.4, 0.5) is 23.2 Å². The van der Waals surface area contributed by atoms with Crippen LogP contribution in [0.1, 0.15) is 37.4 Å². The monoisotopic (exact) mass is 657 g/mol. The zero-order valence-corrected chi connectivity index (χ0v) is 24.3. The molecule has 0 radical (unpaired) electrons. The average Bonchev–Trinajstić information content (AvgIpc) is 3.27. The summed E-state index contributed by atoms with van der Waals surface area (Å²) in [5.41, 5.74) is 1.09. The molecular weight excluding hydrogens is 630 g/mol. The lowest BCUT2D eigenvalue weighted by Gasteiger charge is -2.30. The summed E-state index contributed by atoms with van der Waals surface area (Å²) in [5, 5.41) is 36.2. The van der Waals surface area contributed by atoms with Crippen molar-refractivity contribution in [3.63, 3.8) is 0 Å². The lowest BCUT2D eigenvalue weighted by molar-refractivity contribution is -0.274. The zero-order valence-electron chi connectivity index (χ0n) is 23.6. The molecule has 2 heterocycles. The molecule has 1 fully saturated rings. The molecule has 4 rings (SSSR count). The molecule has 1 aromatic heterocycles. The molecule has 0 aliphatic carbocycles. The zero-order chi connectivity index (χ0) is 33.7. The molecule has 3 aromatic rings. The van der Waals surface area contributed by atoms with Crippen LogP contribution in [0.5, 0.6) is 5.75 Å². The van der Waals surface area contributed by atoms with Crippen molar-refractivity contribution in [3.8, 4) is 5.75 Å². The number of aliphatic carboxylic acids is 2. The molecule has 4 atom stereocenters. The number of aromatic nitrogens is 1. The van der Waals surface area contributed by atoms with Gasteiger partial charge >= 0.3 is 18.3 Å². The minimum absolute atomic E-state index is 0.293. The second-order valence-electron chi connectivity index (χ2n) is 10.3. The van der Waals surface area contributed by atoms with Crippen LogP contribution in [0.15, 0.2) is 66.9 Å². The number of pyridine rings is 1. The third-order valence-electron chi connectivity index (χ3n) is 6.68. The number of aliphatic hydroxyl groups is 2. The standard InChI is InChI=1S/C25H22ClF4N3O2.C4H6O6/c1-24(2,16-6-11-22(26)31-14-16)32-20-13-21(15-4-3-5-17(27)12-15)33(23(20)34)18-7-9-19(10-8-18)35-25(28,29)30;5-1(3(7)8)2(6)4(9)10/h3-12,14,20-21,32H,13H2,1-2H3;1-2,5-6H,(H,7,8)(H,9,10)/t20-,21+;/m1./s1. The molecular formula is C29H28ClF4N3O8. The highest BCUT2D eigenvalue weighted by Gasteiger charge is 2.43. The fraction of sp³-hybridized carbons (Fsp3) is 0.310. The van der Waals surface area contributed by atoms with Gasteiger partial charge in [0.25, 0.3) is 0 Å². The van der Waals surface area contributed by atoms with E-state index in [-0.39, 0.29) is 5.91 Å². The number of hydrogen-bond acceptors (Lipinski definition) is 8. The van der Waals surface area contributed by atoms with Crippen LogP contribution >= 0.6 is 11.6 Å². The first-order valence-electron chi connectivity index (χ1n) is 13.1. The number of rotatable bonds is 9. The highest BCUT2D eigenvalue weighted by atomic mass is 35.5. The second-order valence-corrected chi connectivity index (χ2v) is 10.7. The Labute approximate surface area is 258 Å². The average molecular weight is 658 g/mol. The molecule has 0 bridgehead atoms. The van der Waals surface area contributed by atoms with E-state index in [4.69, 9.17) is 32.0 Å². The lowest BCUT2D eigenvalue weighted by atomic mass is 9.93. The van der Waals surface area contributed by atoms with E-state index < -0.39 is 59.7 Å². The number of nitrogens with zero attached hydrogens (tertiary/aromatic N) is 2. The van der Waals surface area contributed by atoms with Crippen molar-refractivity contribution >= 4 is 35.1 Å². The topological polar surface area (TPSA) is 170 Å². The van der Waals surface area contributed by atoms with Crippen molar-refractivity contribution in [2.75, 3.05) is 4.90 Å². The Morgan fingerprint density at radius 2 is 1.62 bits per heavy atom. The third-order valence-corrected chi connectivity index (χ3v) is 6.90. The smallest absolute Gasteiger partial charge is 0.479 e. The number of carbonyl (C=O) groups is 3. The van der Waals surface area contributed by atoms with Gasteiger partial charge in [-0.1, -0.05) is 29.8 Å². The van der Waals surface area contributed by atoms with Crippen molar-refractivity contribution in [1.29, 1.82) is 0 Å². The van der Waals surface area contributed by atoms with Crippen molar-refractivity contribution in [2.45, 2.75) is 56.5 Å². The molecule has 2 unspecified atom stereocenters. The van der Waals surface area contributed by atoms with Crippen molar-refractivity contribution in [2.24, 2.45) is 0 Å². The number of anilines is 1. The van der Waals surface area contributed by atoms with Gasteiger partial charge in [-0.05, 0) is 73.9 Å². The molecule has 1 saturated heterocycles. The molecule has 1 amide bonds. The summed E-state index contributed by atoms with van der Waals surface area (Å²) in [6.45, 7) is 3.79. The minimum Gasteiger partial charge on any atom is -0.479 e. The molecule has 45 heavy (non-hydrogen) atoms. The number of hydrogen-bond donors (Lipinski definition) is 5. The molecule has 242 valence electrons. The van der Waals surface area contributed by atoms with Gasteiger partial charge in [-0.25, -0.2) is 19.0 Å². The SMILES string of the molecule is CC(C)(N[C@@H]1C[C@@H](c2cccc(F)c2)N(c2ccc(OC(F)(F)F)cc2)C1=O)c1ccc(Cl)nc1.O=C(O)C(O)C(O)C(=O)O. The summed E-state index contributed by atoms with van der Waals surface area (Å²) in [4.78, 5) is 38.7. The Hall–Kier alpha value is -4.31. The number of carboxylic acids is 2. The molecule has 0 saturated carbocycles. The molecule has 5 N–H and O–H groups in total. The maximum atomic E-state index is 14.0. The van der Waals surface area contributed by atoms with Crippen LogP contribution in [0.2, 0.25) is 5.15 Å². The van der Waals surface area contributed by atoms with Gasteiger partial charge in [0.1, 0.15) is 16.7 Å². The Morgan fingerprint density at radius 3 is 2.11 bits per heavy atom. The van der Waals surface area contributed by atoms with E-state index in [9.17, 15) is 31.9 Å². The van der Waals surface area contributed by atoms with Crippen molar-refractivity contribution in [1.82, 2.24) is 10.3 Å². The molecule has 16 heteroatoms. The predicted molar refractivity (Wildman–Crippen MR) is 151 cm³/mol.